The summed E-state index contributed by atoms with van der Waals surface area (Å²) < 4.78 is 10.8. The summed E-state index contributed by atoms with van der Waals surface area (Å²) in [6.07, 6.45) is 2.62. The fraction of sp³-hybridized carbons (Fsp3) is 0.917. The van der Waals surface area contributed by atoms with Gasteiger partial charge in [-0.3, -0.25) is 0 Å². The summed E-state index contributed by atoms with van der Waals surface area (Å²) in [5.41, 5.74) is 0. The molecule has 0 aromatic carbocycles. The number of ether oxygens (including phenoxy) is 2. The van der Waals surface area contributed by atoms with Crippen LogP contribution in [0.3, 0.4) is 0 Å². The molecule has 0 aromatic rings. The molecule has 1 saturated carbocycles. The quantitative estimate of drug-likeness (QED) is 0.670. The Bertz CT molecular complexity index is 250. The van der Waals surface area contributed by atoms with Crippen LogP contribution < -0.4 is 0 Å². The van der Waals surface area contributed by atoms with E-state index in [1.807, 2.05) is 11.9 Å². The Balaban J connectivity index is 1.59. The summed E-state index contributed by atoms with van der Waals surface area (Å²) in [5.74, 6) is 0.787. The summed E-state index contributed by atoms with van der Waals surface area (Å²) in [5, 5.41) is 0. The molecule has 0 N–H and O–H groups in total. The van der Waals surface area contributed by atoms with Crippen molar-refractivity contribution in [3.05, 3.63) is 0 Å². The van der Waals surface area contributed by atoms with Gasteiger partial charge in [-0.15, -0.1) is 0 Å². The predicted octanol–water partition coefficient (Wildman–Crippen LogP) is 0.797. The molecule has 5 heteroatoms. The fourth-order valence-corrected chi connectivity index (χ4v) is 1.83. The van der Waals surface area contributed by atoms with Gasteiger partial charge in [-0.25, -0.2) is 4.79 Å². The first kappa shape index (κ1) is 12.6. The molecule has 1 heterocycles. The normalized spacial score (nSPS) is 20.4. The second-order valence-corrected chi connectivity index (χ2v) is 4.82. The standard InChI is InChI=1S/C12H22N2O3/c1-13(4-7-17-10-11-2-3-11)12(15)14-5-8-16-9-6-14/h11H,2-10H2,1H3. The third-order valence-electron chi connectivity index (χ3n) is 3.23. The molecule has 0 radical (unpaired) electrons. The van der Waals surface area contributed by atoms with Crippen molar-refractivity contribution in [3.8, 4) is 0 Å². The van der Waals surface area contributed by atoms with Crippen LogP contribution in [-0.2, 0) is 9.47 Å². The summed E-state index contributed by atoms with van der Waals surface area (Å²) >= 11 is 0. The van der Waals surface area contributed by atoms with Crippen LogP contribution >= 0.6 is 0 Å². The van der Waals surface area contributed by atoms with Gasteiger partial charge in [-0.2, -0.15) is 0 Å². The molecule has 0 bridgehead atoms. The number of rotatable bonds is 5. The van der Waals surface area contributed by atoms with Crippen LogP contribution in [0.2, 0.25) is 0 Å². The Labute approximate surface area is 103 Å². The second kappa shape index (κ2) is 6.21. The lowest BCUT2D eigenvalue weighted by atomic mass is 10.4. The lowest BCUT2D eigenvalue weighted by Gasteiger charge is -2.30. The number of carbonyl (C=O) groups excluding carboxylic acids is 1. The second-order valence-electron chi connectivity index (χ2n) is 4.82. The van der Waals surface area contributed by atoms with E-state index in [1.165, 1.54) is 12.8 Å². The highest BCUT2D eigenvalue weighted by atomic mass is 16.5. The zero-order chi connectivity index (χ0) is 12.1. The molecule has 0 aromatic heterocycles. The van der Waals surface area contributed by atoms with E-state index in [4.69, 9.17) is 9.47 Å². The topological polar surface area (TPSA) is 42.0 Å². The van der Waals surface area contributed by atoms with Gasteiger partial charge < -0.3 is 19.3 Å². The Morgan fingerprint density at radius 2 is 2.12 bits per heavy atom. The van der Waals surface area contributed by atoms with Crippen molar-refractivity contribution >= 4 is 6.03 Å². The zero-order valence-corrected chi connectivity index (χ0v) is 10.6. The van der Waals surface area contributed by atoms with Crippen molar-refractivity contribution in [2.75, 3.05) is 53.1 Å². The van der Waals surface area contributed by atoms with Crippen molar-refractivity contribution < 1.29 is 14.3 Å². The minimum Gasteiger partial charge on any atom is -0.379 e. The molecule has 98 valence electrons. The molecule has 2 fully saturated rings. The highest BCUT2D eigenvalue weighted by Gasteiger charge is 2.22. The minimum atomic E-state index is 0.0864. The number of nitrogens with zero attached hydrogens (tertiary/aromatic N) is 2. The number of amides is 2. The summed E-state index contributed by atoms with van der Waals surface area (Å²) in [6, 6.07) is 0.0864. The maximum atomic E-state index is 12.0. The smallest absolute Gasteiger partial charge is 0.319 e. The molecule has 2 aliphatic rings. The molecule has 2 amide bonds. The third-order valence-corrected chi connectivity index (χ3v) is 3.23. The van der Waals surface area contributed by atoms with Crippen LogP contribution in [0.1, 0.15) is 12.8 Å². The van der Waals surface area contributed by atoms with Gasteiger partial charge in [0.05, 0.1) is 19.8 Å². The maximum Gasteiger partial charge on any atom is 0.319 e. The van der Waals surface area contributed by atoms with E-state index in [1.54, 1.807) is 4.90 Å². The third kappa shape index (κ3) is 4.16. The van der Waals surface area contributed by atoms with Gasteiger partial charge in [0.25, 0.3) is 0 Å². The van der Waals surface area contributed by atoms with Crippen molar-refractivity contribution in [3.63, 3.8) is 0 Å². The number of morpholine rings is 1. The van der Waals surface area contributed by atoms with Crippen LogP contribution in [0.5, 0.6) is 0 Å². The maximum absolute atomic E-state index is 12.0. The average molecular weight is 242 g/mol. The zero-order valence-electron chi connectivity index (χ0n) is 10.6. The van der Waals surface area contributed by atoms with Gasteiger partial charge in [0.15, 0.2) is 0 Å². The first-order chi connectivity index (χ1) is 8.27. The monoisotopic (exact) mass is 242 g/mol. The van der Waals surface area contributed by atoms with E-state index in [0.717, 1.165) is 12.5 Å². The molecule has 0 unspecified atom stereocenters. The average Bonchev–Trinajstić information content (AvgIpc) is 3.18. The number of hydrogen-bond acceptors (Lipinski definition) is 3. The van der Waals surface area contributed by atoms with E-state index in [0.29, 0.717) is 39.5 Å². The van der Waals surface area contributed by atoms with Crippen LogP contribution in [-0.4, -0.2) is 68.9 Å². The number of carbonyl (C=O) groups is 1. The van der Waals surface area contributed by atoms with Crippen molar-refractivity contribution in [2.45, 2.75) is 12.8 Å². The van der Waals surface area contributed by atoms with Crippen LogP contribution in [0.4, 0.5) is 4.79 Å². The number of likely N-dealkylation sites (N-methyl/N-ethyl adjacent to an activating group) is 1. The molecule has 0 spiro atoms. The lowest BCUT2D eigenvalue weighted by Crippen LogP contribution is -2.47. The SMILES string of the molecule is CN(CCOCC1CC1)C(=O)N1CCOCC1. The van der Waals surface area contributed by atoms with Gasteiger partial charge in [0.2, 0.25) is 0 Å². The van der Waals surface area contributed by atoms with E-state index < -0.39 is 0 Å². The minimum absolute atomic E-state index is 0.0864. The summed E-state index contributed by atoms with van der Waals surface area (Å²) in [4.78, 5) is 15.6. The molecule has 0 atom stereocenters. The van der Waals surface area contributed by atoms with Crippen molar-refractivity contribution in [2.24, 2.45) is 5.92 Å². The molecular formula is C12H22N2O3. The van der Waals surface area contributed by atoms with Crippen LogP contribution in [0.15, 0.2) is 0 Å². The molecule has 1 aliphatic heterocycles. The van der Waals surface area contributed by atoms with E-state index in [-0.39, 0.29) is 6.03 Å². The van der Waals surface area contributed by atoms with E-state index in [2.05, 4.69) is 0 Å². The Morgan fingerprint density at radius 3 is 2.76 bits per heavy atom. The van der Waals surface area contributed by atoms with E-state index >= 15 is 0 Å². The van der Waals surface area contributed by atoms with Gasteiger partial charge in [-0.1, -0.05) is 0 Å². The number of hydrogen-bond donors (Lipinski definition) is 0. The van der Waals surface area contributed by atoms with Crippen LogP contribution in [0, 0.1) is 5.92 Å². The predicted molar refractivity (Wildman–Crippen MR) is 64.0 cm³/mol. The van der Waals surface area contributed by atoms with Gasteiger partial charge in [0, 0.05) is 33.3 Å². The van der Waals surface area contributed by atoms with Crippen molar-refractivity contribution in [1.82, 2.24) is 9.80 Å². The fourth-order valence-electron chi connectivity index (χ4n) is 1.83. The highest BCUT2D eigenvalue weighted by Crippen LogP contribution is 2.28. The summed E-state index contributed by atoms with van der Waals surface area (Å²) in [6.45, 7) is 4.87. The van der Waals surface area contributed by atoms with Gasteiger partial charge >= 0.3 is 6.03 Å². The Morgan fingerprint density at radius 1 is 1.41 bits per heavy atom. The first-order valence-corrected chi connectivity index (χ1v) is 6.43. The molecule has 2 rings (SSSR count). The molecule has 5 nitrogen and oxygen atoms in total. The van der Waals surface area contributed by atoms with Crippen LogP contribution in [0.25, 0.3) is 0 Å². The lowest BCUT2D eigenvalue weighted by molar-refractivity contribution is 0.0415. The highest BCUT2D eigenvalue weighted by molar-refractivity contribution is 5.74. The van der Waals surface area contributed by atoms with Gasteiger partial charge in [-0.05, 0) is 18.8 Å². The number of urea groups is 1. The molecule has 1 saturated heterocycles. The largest absolute Gasteiger partial charge is 0.379 e. The Hall–Kier alpha value is -0.810. The first-order valence-electron chi connectivity index (χ1n) is 6.43. The van der Waals surface area contributed by atoms with Crippen molar-refractivity contribution in [1.29, 1.82) is 0 Å². The van der Waals surface area contributed by atoms with E-state index in [9.17, 15) is 4.79 Å². The molecular weight excluding hydrogens is 220 g/mol. The molecule has 17 heavy (non-hydrogen) atoms. The van der Waals surface area contributed by atoms with Gasteiger partial charge in [0.1, 0.15) is 0 Å². The summed E-state index contributed by atoms with van der Waals surface area (Å²) in [7, 11) is 1.83. The molecule has 1 aliphatic carbocycles. The Kier molecular flexibility index (Phi) is 4.62.